The predicted octanol–water partition coefficient (Wildman–Crippen LogP) is 3.41. The van der Waals surface area contributed by atoms with Gasteiger partial charge in [0, 0.05) is 36.8 Å². The molecule has 0 radical (unpaired) electrons. The van der Waals surface area contributed by atoms with Crippen LogP contribution in [-0.4, -0.2) is 58.4 Å². The van der Waals surface area contributed by atoms with Gasteiger partial charge in [0.15, 0.2) is 6.61 Å². The number of rotatable bonds is 9. The van der Waals surface area contributed by atoms with Crippen molar-refractivity contribution >= 4 is 40.3 Å². The summed E-state index contributed by atoms with van der Waals surface area (Å²) in [5.74, 6) is 0.240. The number of nitrogens with zero attached hydrogens (tertiary/aromatic N) is 2. The molecule has 0 spiro atoms. The van der Waals surface area contributed by atoms with Crippen LogP contribution in [0.1, 0.15) is 42.4 Å². The number of Topliss-reactive ketones (excluding diaryl/α,β-unsaturated/α-hetero) is 1. The van der Waals surface area contributed by atoms with Crippen LogP contribution in [0.25, 0.3) is 10.9 Å². The first kappa shape index (κ1) is 27.3. The Hall–Kier alpha value is -3.30. The van der Waals surface area contributed by atoms with Crippen LogP contribution in [0.15, 0.2) is 48.5 Å². The van der Waals surface area contributed by atoms with Crippen molar-refractivity contribution in [2.45, 2.75) is 33.7 Å². The molecule has 1 saturated heterocycles. The first-order valence-corrected chi connectivity index (χ1v) is 13.4. The first-order chi connectivity index (χ1) is 17.5. The van der Waals surface area contributed by atoms with Crippen molar-refractivity contribution in [2.24, 2.45) is 5.73 Å². The zero-order valence-electron chi connectivity index (χ0n) is 21.1. The molecule has 1 aromatic heterocycles. The van der Waals surface area contributed by atoms with E-state index in [-0.39, 0.29) is 18.1 Å². The minimum Gasteiger partial charge on any atom is -0.483 e. The number of amides is 2. The van der Waals surface area contributed by atoms with Crippen LogP contribution in [0.3, 0.4) is 0 Å². The van der Waals surface area contributed by atoms with Crippen molar-refractivity contribution in [1.82, 2.24) is 15.0 Å². The van der Waals surface area contributed by atoms with Crippen LogP contribution < -0.4 is 15.9 Å². The molecule has 8 nitrogen and oxygen atoms in total. The van der Waals surface area contributed by atoms with Crippen molar-refractivity contribution in [3.05, 3.63) is 65.4 Å². The van der Waals surface area contributed by atoms with Gasteiger partial charge in [0.25, 0.3) is 17.6 Å². The quantitative estimate of drug-likeness (QED) is 0.338. The average molecular weight is 511 g/mol. The molecule has 1 aliphatic heterocycles. The third kappa shape index (κ3) is 6.27. The summed E-state index contributed by atoms with van der Waals surface area (Å²) in [5, 5.41) is 2.39. The van der Waals surface area contributed by atoms with Crippen molar-refractivity contribution in [3.8, 4) is 5.75 Å². The van der Waals surface area contributed by atoms with Crippen LogP contribution in [0.5, 0.6) is 5.75 Å². The van der Waals surface area contributed by atoms with Crippen molar-refractivity contribution in [3.63, 3.8) is 0 Å². The number of ketones is 1. The zero-order chi connectivity index (χ0) is 26.1. The SMILES string of the molecule is CC.CCc1c(C(=O)C(N)=O)c2c(OCC(=O)NN3CCSCC3)cccc2n1Cc1ccccc1. The van der Waals surface area contributed by atoms with Gasteiger partial charge in [-0.2, -0.15) is 11.8 Å². The summed E-state index contributed by atoms with van der Waals surface area (Å²) >= 11 is 1.85. The van der Waals surface area contributed by atoms with E-state index in [0.29, 0.717) is 29.8 Å². The van der Waals surface area contributed by atoms with Crippen molar-refractivity contribution in [2.75, 3.05) is 31.2 Å². The number of primary amides is 1. The van der Waals surface area contributed by atoms with E-state index in [1.54, 1.807) is 6.07 Å². The second-order valence-electron chi connectivity index (χ2n) is 8.01. The molecule has 3 N–H and O–H groups in total. The molecule has 2 aromatic carbocycles. The van der Waals surface area contributed by atoms with Gasteiger partial charge in [-0.3, -0.25) is 19.8 Å². The number of nitrogens with one attached hydrogen (secondary N) is 1. The van der Waals surface area contributed by atoms with Gasteiger partial charge in [-0.05, 0) is 24.1 Å². The molecule has 0 bridgehead atoms. The molecule has 0 atom stereocenters. The Balaban J connectivity index is 0.00000176. The Morgan fingerprint density at radius 2 is 1.72 bits per heavy atom. The van der Waals surface area contributed by atoms with Gasteiger partial charge in [-0.1, -0.05) is 57.2 Å². The minimum atomic E-state index is -1.02. The number of nitrogens with two attached hydrogens (primary N) is 1. The number of carbonyl (C=O) groups excluding carboxylic acids is 3. The molecule has 4 rings (SSSR count). The van der Waals surface area contributed by atoms with Gasteiger partial charge in [0.1, 0.15) is 5.75 Å². The third-order valence-electron chi connectivity index (χ3n) is 5.78. The Labute approximate surface area is 216 Å². The third-order valence-corrected chi connectivity index (χ3v) is 6.72. The van der Waals surface area contributed by atoms with E-state index >= 15 is 0 Å². The number of benzene rings is 2. The number of hydrazine groups is 1. The van der Waals surface area contributed by atoms with E-state index in [4.69, 9.17) is 10.5 Å². The fourth-order valence-corrected chi connectivity index (χ4v) is 5.15. The lowest BCUT2D eigenvalue weighted by Gasteiger charge is -2.26. The predicted molar refractivity (Wildman–Crippen MR) is 144 cm³/mol. The number of fused-ring (bicyclic) bond motifs is 1. The average Bonchev–Trinajstić information content (AvgIpc) is 3.22. The van der Waals surface area contributed by atoms with Gasteiger partial charge in [0.2, 0.25) is 0 Å². The van der Waals surface area contributed by atoms with E-state index in [1.807, 2.05) is 84.6 Å². The molecular weight excluding hydrogens is 476 g/mol. The lowest BCUT2D eigenvalue weighted by Crippen LogP contribution is -2.48. The number of thioether (sulfide) groups is 1. The zero-order valence-corrected chi connectivity index (χ0v) is 21.9. The molecule has 0 saturated carbocycles. The highest BCUT2D eigenvalue weighted by Crippen LogP contribution is 2.35. The van der Waals surface area contributed by atoms with Gasteiger partial charge in [0.05, 0.1) is 16.5 Å². The molecule has 2 heterocycles. The molecule has 0 unspecified atom stereocenters. The van der Waals surface area contributed by atoms with Crippen LogP contribution in [0, 0.1) is 0 Å². The molecule has 2 amide bonds. The summed E-state index contributed by atoms with van der Waals surface area (Å²) in [7, 11) is 0. The fourth-order valence-electron chi connectivity index (χ4n) is 4.25. The fraction of sp³-hybridized carbons (Fsp3) is 0.370. The number of carbonyl (C=O) groups is 3. The van der Waals surface area contributed by atoms with E-state index in [0.717, 1.165) is 35.7 Å². The van der Waals surface area contributed by atoms with Gasteiger partial charge in [-0.25, -0.2) is 5.01 Å². The Morgan fingerprint density at radius 1 is 1.03 bits per heavy atom. The van der Waals surface area contributed by atoms with Crippen LogP contribution in [0.4, 0.5) is 0 Å². The molecule has 9 heteroatoms. The van der Waals surface area contributed by atoms with Gasteiger partial charge >= 0.3 is 0 Å². The lowest BCUT2D eigenvalue weighted by molar-refractivity contribution is -0.127. The summed E-state index contributed by atoms with van der Waals surface area (Å²) < 4.78 is 7.91. The molecular formula is C27H34N4O4S. The monoisotopic (exact) mass is 510 g/mol. The second-order valence-corrected chi connectivity index (χ2v) is 9.24. The Bertz CT molecular complexity index is 1200. The van der Waals surface area contributed by atoms with E-state index in [9.17, 15) is 14.4 Å². The summed E-state index contributed by atoms with van der Waals surface area (Å²) in [6, 6.07) is 15.3. The van der Waals surface area contributed by atoms with Crippen molar-refractivity contribution in [1.29, 1.82) is 0 Å². The maximum Gasteiger partial charge on any atom is 0.289 e. The van der Waals surface area contributed by atoms with Crippen molar-refractivity contribution < 1.29 is 19.1 Å². The van der Waals surface area contributed by atoms with E-state index < -0.39 is 11.7 Å². The van der Waals surface area contributed by atoms with E-state index in [1.165, 1.54) is 0 Å². The lowest BCUT2D eigenvalue weighted by atomic mass is 10.0. The van der Waals surface area contributed by atoms with Gasteiger partial charge in [-0.15, -0.1) is 0 Å². The number of hydrogen-bond donors (Lipinski definition) is 2. The summed E-state index contributed by atoms with van der Waals surface area (Å²) in [6.45, 7) is 7.80. The Kier molecular flexibility index (Phi) is 9.95. The van der Waals surface area contributed by atoms with E-state index in [2.05, 4.69) is 5.43 Å². The number of aromatic nitrogens is 1. The smallest absolute Gasteiger partial charge is 0.289 e. The number of ether oxygens (including phenoxy) is 1. The highest BCUT2D eigenvalue weighted by Gasteiger charge is 2.27. The normalized spacial score (nSPS) is 13.5. The molecule has 36 heavy (non-hydrogen) atoms. The van der Waals surface area contributed by atoms with Crippen LogP contribution in [0.2, 0.25) is 0 Å². The minimum absolute atomic E-state index is 0.210. The van der Waals surface area contributed by atoms with Crippen LogP contribution >= 0.6 is 11.8 Å². The largest absolute Gasteiger partial charge is 0.483 e. The topological polar surface area (TPSA) is 107 Å². The highest BCUT2D eigenvalue weighted by atomic mass is 32.2. The van der Waals surface area contributed by atoms with Gasteiger partial charge < -0.3 is 15.0 Å². The highest BCUT2D eigenvalue weighted by molar-refractivity contribution is 7.99. The number of hydrogen-bond acceptors (Lipinski definition) is 6. The molecule has 192 valence electrons. The standard InChI is InChI=1S/C25H28N4O4S.C2H6/c1-2-18-23(24(31)25(26)32)22-19(29(18)15-17-7-4-3-5-8-17)9-6-10-20(22)33-16-21(30)27-28-11-13-34-14-12-28;1-2/h3-10H,2,11-16H2,1H3,(H2,26,32)(H,27,30);1-2H3. The first-order valence-electron chi connectivity index (χ1n) is 12.3. The summed E-state index contributed by atoms with van der Waals surface area (Å²) in [6.07, 6.45) is 0.517. The summed E-state index contributed by atoms with van der Waals surface area (Å²) in [5.41, 5.74) is 11.0. The van der Waals surface area contributed by atoms with Crippen LogP contribution in [-0.2, 0) is 22.6 Å². The second kappa shape index (κ2) is 13.1. The Morgan fingerprint density at radius 3 is 2.36 bits per heavy atom. The molecule has 0 aliphatic carbocycles. The molecule has 1 fully saturated rings. The maximum absolute atomic E-state index is 12.9. The molecule has 3 aromatic rings. The summed E-state index contributed by atoms with van der Waals surface area (Å²) in [4.78, 5) is 37.3. The molecule has 1 aliphatic rings. The maximum atomic E-state index is 12.9.